The highest BCUT2D eigenvalue weighted by Gasteiger charge is 2.27. The van der Waals surface area contributed by atoms with E-state index < -0.39 is 0 Å². The topological polar surface area (TPSA) is 66.6 Å². The van der Waals surface area contributed by atoms with E-state index in [1.54, 1.807) is 19.2 Å². The van der Waals surface area contributed by atoms with Crippen LogP contribution in [0.2, 0.25) is 0 Å². The van der Waals surface area contributed by atoms with Crippen molar-refractivity contribution < 1.29 is 14.0 Å². The van der Waals surface area contributed by atoms with E-state index in [9.17, 15) is 14.0 Å². The van der Waals surface area contributed by atoms with Gasteiger partial charge in [0.15, 0.2) is 0 Å². The molecule has 0 aliphatic carbocycles. The molecule has 6 heteroatoms. The maximum absolute atomic E-state index is 13.3. The summed E-state index contributed by atoms with van der Waals surface area (Å²) >= 11 is 0. The van der Waals surface area contributed by atoms with Crippen LogP contribution in [0.5, 0.6) is 0 Å². The lowest BCUT2D eigenvalue weighted by molar-refractivity contribution is -0.149. The zero-order valence-corrected chi connectivity index (χ0v) is 10.7. The molecule has 0 bridgehead atoms. The van der Waals surface area contributed by atoms with Crippen molar-refractivity contribution in [2.24, 2.45) is 5.73 Å². The number of benzene rings is 1. The minimum Gasteiger partial charge on any atom is -0.335 e. The molecule has 0 atom stereocenters. The summed E-state index contributed by atoms with van der Waals surface area (Å²) in [6.45, 7) is 0.551. The largest absolute Gasteiger partial charge is 0.335 e. The van der Waals surface area contributed by atoms with Crippen molar-refractivity contribution in [3.8, 4) is 0 Å². The highest BCUT2D eigenvalue weighted by Crippen LogP contribution is 2.14. The summed E-state index contributed by atoms with van der Waals surface area (Å²) in [6.07, 6.45) is 0. The van der Waals surface area contributed by atoms with Gasteiger partial charge in [-0.3, -0.25) is 9.59 Å². The molecule has 19 heavy (non-hydrogen) atoms. The molecule has 0 saturated carbocycles. The molecule has 1 saturated heterocycles. The Bertz CT molecular complexity index is 519. The summed E-state index contributed by atoms with van der Waals surface area (Å²) in [7, 11) is 1.60. The van der Waals surface area contributed by atoms with Crippen molar-refractivity contribution in [2.45, 2.75) is 13.1 Å². The Labute approximate surface area is 110 Å². The molecule has 1 heterocycles. The van der Waals surface area contributed by atoms with Gasteiger partial charge in [0.25, 0.3) is 0 Å². The molecule has 5 nitrogen and oxygen atoms in total. The minimum absolute atomic E-state index is 0.0602. The van der Waals surface area contributed by atoms with E-state index in [4.69, 9.17) is 5.73 Å². The van der Waals surface area contributed by atoms with Crippen LogP contribution in [0.1, 0.15) is 11.1 Å². The van der Waals surface area contributed by atoms with E-state index >= 15 is 0 Å². The van der Waals surface area contributed by atoms with Crippen LogP contribution in [-0.4, -0.2) is 41.8 Å². The van der Waals surface area contributed by atoms with Crippen molar-refractivity contribution in [3.63, 3.8) is 0 Å². The third-order valence-electron chi connectivity index (χ3n) is 3.18. The molecule has 1 fully saturated rings. The quantitative estimate of drug-likeness (QED) is 0.842. The van der Waals surface area contributed by atoms with Crippen molar-refractivity contribution in [1.82, 2.24) is 9.80 Å². The Morgan fingerprint density at radius 3 is 2.68 bits per heavy atom. The van der Waals surface area contributed by atoms with E-state index in [2.05, 4.69) is 0 Å². The van der Waals surface area contributed by atoms with Gasteiger partial charge in [0.05, 0.1) is 6.54 Å². The van der Waals surface area contributed by atoms with Crippen LogP contribution >= 0.6 is 0 Å². The van der Waals surface area contributed by atoms with Crippen LogP contribution in [-0.2, 0) is 22.7 Å². The van der Waals surface area contributed by atoms with Gasteiger partial charge in [-0.15, -0.1) is 0 Å². The molecule has 0 spiro atoms. The maximum Gasteiger partial charge on any atom is 0.242 e. The molecular formula is C13H16FN3O2. The van der Waals surface area contributed by atoms with E-state index in [1.165, 1.54) is 15.9 Å². The zero-order valence-electron chi connectivity index (χ0n) is 10.7. The lowest BCUT2D eigenvalue weighted by atomic mass is 10.1. The summed E-state index contributed by atoms with van der Waals surface area (Å²) in [5.41, 5.74) is 6.62. The number of piperazine rings is 1. The van der Waals surface area contributed by atoms with E-state index in [0.717, 1.165) is 5.56 Å². The monoisotopic (exact) mass is 265 g/mol. The molecule has 2 N–H and O–H groups in total. The number of hydrogen-bond acceptors (Lipinski definition) is 3. The number of nitrogens with two attached hydrogens (primary N) is 1. The van der Waals surface area contributed by atoms with Crippen molar-refractivity contribution in [2.75, 3.05) is 20.1 Å². The van der Waals surface area contributed by atoms with Crippen molar-refractivity contribution >= 4 is 11.8 Å². The number of halogens is 1. The fourth-order valence-electron chi connectivity index (χ4n) is 2.01. The second-order valence-corrected chi connectivity index (χ2v) is 4.63. The number of carbonyl (C=O) groups excluding carboxylic acids is 2. The van der Waals surface area contributed by atoms with Crippen LogP contribution in [0.25, 0.3) is 0 Å². The number of hydrogen-bond donors (Lipinski definition) is 1. The lowest BCUT2D eigenvalue weighted by Crippen LogP contribution is -2.51. The molecule has 102 valence electrons. The minimum atomic E-state index is -0.355. The first-order chi connectivity index (χ1) is 9.01. The molecule has 2 amide bonds. The highest BCUT2D eigenvalue weighted by molar-refractivity contribution is 5.92. The number of likely N-dealkylation sites (N-methyl/N-ethyl adjacent to an activating group) is 1. The molecule has 0 radical (unpaired) electrons. The van der Waals surface area contributed by atoms with Gasteiger partial charge in [-0.05, 0) is 17.7 Å². The van der Waals surface area contributed by atoms with E-state index in [1.807, 2.05) is 0 Å². The van der Waals surface area contributed by atoms with Crippen LogP contribution in [0.4, 0.5) is 4.39 Å². The molecule has 1 aromatic carbocycles. The molecular weight excluding hydrogens is 249 g/mol. The molecule has 1 aromatic rings. The first-order valence-corrected chi connectivity index (χ1v) is 6.00. The predicted octanol–water partition coefficient (Wildman–Crippen LogP) is 0.0850. The van der Waals surface area contributed by atoms with Gasteiger partial charge in [0.1, 0.15) is 12.4 Å². The fraction of sp³-hybridized carbons (Fsp3) is 0.385. The number of carbonyl (C=O) groups is 2. The molecule has 1 aliphatic heterocycles. The Kier molecular flexibility index (Phi) is 3.80. The third-order valence-corrected chi connectivity index (χ3v) is 3.18. The van der Waals surface area contributed by atoms with Gasteiger partial charge in [0, 0.05) is 25.7 Å². The SMILES string of the molecule is CN1CC(=O)N(Cc2ccc(F)c(CN)c2)CC1=O. The van der Waals surface area contributed by atoms with Crippen LogP contribution in [0.3, 0.4) is 0 Å². The summed E-state index contributed by atoms with van der Waals surface area (Å²) in [5.74, 6) is -0.562. The molecule has 2 rings (SSSR count). The van der Waals surface area contributed by atoms with Crippen LogP contribution < -0.4 is 5.73 Å². The summed E-state index contributed by atoms with van der Waals surface area (Å²) in [5, 5.41) is 0. The van der Waals surface area contributed by atoms with E-state index in [-0.39, 0.29) is 37.3 Å². The second kappa shape index (κ2) is 5.36. The smallest absolute Gasteiger partial charge is 0.242 e. The average molecular weight is 265 g/mol. The predicted molar refractivity (Wildman–Crippen MR) is 67.3 cm³/mol. The standard InChI is InChI=1S/C13H16FN3O2/c1-16-7-13(19)17(8-12(16)18)6-9-2-3-11(14)10(4-9)5-15/h2-4H,5-8,15H2,1H3. The Balaban J connectivity index is 2.12. The van der Waals surface area contributed by atoms with Crippen LogP contribution in [0.15, 0.2) is 18.2 Å². The first-order valence-electron chi connectivity index (χ1n) is 6.00. The van der Waals surface area contributed by atoms with Crippen molar-refractivity contribution in [1.29, 1.82) is 0 Å². The number of nitrogens with zero attached hydrogens (tertiary/aromatic N) is 2. The number of amides is 2. The Morgan fingerprint density at radius 2 is 2.00 bits per heavy atom. The Morgan fingerprint density at radius 1 is 1.26 bits per heavy atom. The maximum atomic E-state index is 13.3. The van der Waals surface area contributed by atoms with E-state index in [0.29, 0.717) is 12.1 Å². The number of rotatable bonds is 3. The van der Waals surface area contributed by atoms with Gasteiger partial charge in [-0.25, -0.2) is 4.39 Å². The molecule has 0 aromatic heterocycles. The van der Waals surface area contributed by atoms with Gasteiger partial charge >= 0.3 is 0 Å². The molecule has 1 aliphatic rings. The summed E-state index contributed by atoms with van der Waals surface area (Å²) in [6, 6.07) is 4.57. The van der Waals surface area contributed by atoms with Gasteiger partial charge in [-0.2, -0.15) is 0 Å². The van der Waals surface area contributed by atoms with Gasteiger partial charge in [0.2, 0.25) is 11.8 Å². The highest BCUT2D eigenvalue weighted by atomic mass is 19.1. The molecule has 0 unspecified atom stereocenters. The average Bonchev–Trinajstić information content (AvgIpc) is 2.38. The summed E-state index contributed by atoms with van der Waals surface area (Å²) in [4.78, 5) is 26.2. The first kappa shape index (κ1) is 13.5. The Hall–Kier alpha value is -1.95. The zero-order chi connectivity index (χ0) is 14.0. The van der Waals surface area contributed by atoms with Crippen LogP contribution in [0, 0.1) is 5.82 Å². The second-order valence-electron chi connectivity index (χ2n) is 4.63. The summed E-state index contributed by atoms with van der Waals surface area (Å²) < 4.78 is 13.3. The van der Waals surface area contributed by atoms with Gasteiger partial charge < -0.3 is 15.5 Å². The van der Waals surface area contributed by atoms with Gasteiger partial charge in [-0.1, -0.05) is 6.07 Å². The van der Waals surface area contributed by atoms with Crippen molar-refractivity contribution in [3.05, 3.63) is 35.1 Å². The fourth-order valence-corrected chi connectivity index (χ4v) is 2.01. The third kappa shape index (κ3) is 2.90. The normalized spacial score (nSPS) is 16.2. The lowest BCUT2D eigenvalue weighted by Gasteiger charge is -2.31.